The first-order valence-electron chi connectivity index (χ1n) is 4.11. The lowest BCUT2D eigenvalue weighted by molar-refractivity contribution is -0.385. The van der Waals surface area contributed by atoms with Crippen LogP contribution in [0.25, 0.3) is 0 Å². The molecule has 0 spiro atoms. The SMILES string of the molecule is CCc1ccc([N+](=O)[O-])cc1S(=O)(=O)O. The summed E-state index contributed by atoms with van der Waals surface area (Å²) in [5, 5.41) is 10.4. The van der Waals surface area contributed by atoms with Crippen LogP contribution in [0.3, 0.4) is 0 Å². The minimum absolute atomic E-state index is 0.350. The van der Waals surface area contributed by atoms with Gasteiger partial charge in [-0.3, -0.25) is 14.7 Å². The van der Waals surface area contributed by atoms with Gasteiger partial charge < -0.3 is 0 Å². The van der Waals surface area contributed by atoms with Crippen molar-refractivity contribution in [1.29, 1.82) is 0 Å². The van der Waals surface area contributed by atoms with Gasteiger partial charge in [0.2, 0.25) is 0 Å². The lowest BCUT2D eigenvalue weighted by atomic mass is 10.1. The number of nitrogens with zero attached hydrogens (tertiary/aromatic N) is 1. The first-order chi connectivity index (χ1) is 6.86. The monoisotopic (exact) mass is 231 g/mol. The molecule has 0 radical (unpaired) electrons. The Kier molecular flexibility index (Phi) is 3.06. The lowest BCUT2D eigenvalue weighted by Gasteiger charge is -2.03. The summed E-state index contributed by atoms with van der Waals surface area (Å²) in [7, 11) is -4.41. The molecule has 0 unspecified atom stereocenters. The summed E-state index contributed by atoms with van der Waals surface area (Å²) in [5.74, 6) is 0. The third-order valence-corrected chi connectivity index (χ3v) is 2.86. The van der Waals surface area contributed by atoms with Gasteiger partial charge in [0.25, 0.3) is 15.8 Å². The van der Waals surface area contributed by atoms with E-state index in [0.29, 0.717) is 12.0 Å². The lowest BCUT2D eigenvalue weighted by Crippen LogP contribution is -2.03. The maximum absolute atomic E-state index is 10.9. The van der Waals surface area contributed by atoms with E-state index < -0.39 is 19.9 Å². The summed E-state index contributed by atoms with van der Waals surface area (Å²) >= 11 is 0. The highest BCUT2D eigenvalue weighted by molar-refractivity contribution is 7.85. The van der Waals surface area contributed by atoms with E-state index in [1.807, 2.05) is 0 Å². The van der Waals surface area contributed by atoms with Gasteiger partial charge >= 0.3 is 0 Å². The molecule has 0 saturated carbocycles. The predicted molar refractivity (Wildman–Crippen MR) is 52.3 cm³/mol. The fourth-order valence-electron chi connectivity index (χ4n) is 1.19. The van der Waals surface area contributed by atoms with Crippen LogP contribution >= 0.6 is 0 Å². The van der Waals surface area contributed by atoms with Gasteiger partial charge in [-0.25, -0.2) is 0 Å². The molecule has 0 amide bonds. The van der Waals surface area contributed by atoms with Gasteiger partial charge in [0.1, 0.15) is 4.90 Å². The summed E-state index contributed by atoms with van der Waals surface area (Å²) < 4.78 is 30.7. The number of non-ortho nitro benzene ring substituents is 1. The summed E-state index contributed by atoms with van der Waals surface area (Å²) in [4.78, 5) is 9.29. The van der Waals surface area contributed by atoms with Crippen molar-refractivity contribution in [1.82, 2.24) is 0 Å². The van der Waals surface area contributed by atoms with Crippen molar-refractivity contribution < 1.29 is 17.9 Å². The molecule has 0 saturated heterocycles. The van der Waals surface area contributed by atoms with Gasteiger partial charge in [0.05, 0.1) is 4.92 Å². The van der Waals surface area contributed by atoms with Crippen LogP contribution in [0.1, 0.15) is 12.5 Å². The van der Waals surface area contributed by atoms with Gasteiger partial charge in [-0.2, -0.15) is 8.42 Å². The van der Waals surface area contributed by atoms with Crippen LogP contribution in [-0.2, 0) is 16.5 Å². The molecule has 1 aromatic carbocycles. The molecule has 6 nitrogen and oxygen atoms in total. The minimum atomic E-state index is -4.41. The van der Waals surface area contributed by atoms with Crippen molar-refractivity contribution >= 4 is 15.8 Å². The van der Waals surface area contributed by atoms with Gasteiger partial charge in [0.15, 0.2) is 0 Å². The third kappa shape index (κ3) is 2.51. The summed E-state index contributed by atoms with van der Waals surface area (Å²) in [5.41, 5.74) is -0.0112. The fourth-order valence-corrected chi connectivity index (χ4v) is 2.00. The Morgan fingerprint density at radius 3 is 2.47 bits per heavy atom. The topological polar surface area (TPSA) is 97.5 Å². The normalized spacial score (nSPS) is 11.3. The van der Waals surface area contributed by atoms with Crippen LogP contribution in [0.15, 0.2) is 23.1 Å². The van der Waals surface area contributed by atoms with Crippen LogP contribution in [0.2, 0.25) is 0 Å². The van der Waals surface area contributed by atoms with Crippen LogP contribution < -0.4 is 0 Å². The van der Waals surface area contributed by atoms with Crippen molar-refractivity contribution in [3.63, 3.8) is 0 Å². The molecule has 0 atom stereocenters. The number of hydrogen-bond donors (Lipinski definition) is 1. The molecule has 0 aliphatic heterocycles. The zero-order valence-corrected chi connectivity index (χ0v) is 8.69. The molecular formula is C8H9NO5S. The van der Waals surface area contributed by atoms with E-state index in [4.69, 9.17) is 4.55 Å². The molecule has 15 heavy (non-hydrogen) atoms. The summed E-state index contributed by atoms with van der Waals surface area (Å²) in [6.45, 7) is 1.69. The highest BCUT2D eigenvalue weighted by atomic mass is 32.2. The second-order valence-electron chi connectivity index (χ2n) is 2.88. The van der Waals surface area contributed by atoms with E-state index in [-0.39, 0.29) is 5.69 Å². The highest BCUT2D eigenvalue weighted by Crippen LogP contribution is 2.22. The third-order valence-electron chi connectivity index (χ3n) is 1.92. The molecule has 0 aliphatic carbocycles. The second kappa shape index (κ2) is 3.95. The fraction of sp³-hybridized carbons (Fsp3) is 0.250. The molecule has 0 fully saturated rings. The second-order valence-corrected chi connectivity index (χ2v) is 4.27. The van der Waals surface area contributed by atoms with Crippen molar-refractivity contribution in [3.8, 4) is 0 Å². The molecule has 0 bridgehead atoms. The average molecular weight is 231 g/mol. The number of benzene rings is 1. The number of hydrogen-bond acceptors (Lipinski definition) is 4. The Balaban J connectivity index is 3.46. The first kappa shape index (κ1) is 11.6. The maximum atomic E-state index is 10.9. The predicted octanol–water partition coefficient (Wildman–Crippen LogP) is 1.40. The Morgan fingerprint density at radius 2 is 2.07 bits per heavy atom. The molecule has 0 aromatic heterocycles. The van der Waals surface area contributed by atoms with Crippen LogP contribution in [0, 0.1) is 10.1 Å². The maximum Gasteiger partial charge on any atom is 0.295 e. The van der Waals surface area contributed by atoms with Crippen molar-refractivity contribution in [2.24, 2.45) is 0 Å². The molecular weight excluding hydrogens is 222 g/mol. The minimum Gasteiger partial charge on any atom is -0.282 e. The number of nitro groups is 1. The van der Waals surface area contributed by atoms with E-state index in [1.54, 1.807) is 6.92 Å². The Labute approximate surface area is 86.4 Å². The zero-order chi connectivity index (χ0) is 11.6. The van der Waals surface area contributed by atoms with Gasteiger partial charge in [-0.15, -0.1) is 0 Å². The molecule has 1 aromatic rings. The smallest absolute Gasteiger partial charge is 0.282 e. The van der Waals surface area contributed by atoms with E-state index in [1.165, 1.54) is 12.1 Å². The Hall–Kier alpha value is -1.47. The Bertz CT molecular complexity index is 494. The van der Waals surface area contributed by atoms with E-state index in [0.717, 1.165) is 6.07 Å². The molecule has 0 aliphatic rings. The van der Waals surface area contributed by atoms with Crippen molar-refractivity contribution in [2.75, 3.05) is 0 Å². The molecule has 1 rings (SSSR count). The van der Waals surface area contributed by atoms with Crippen LogP contribution in [0.5, 0.6) is 0 Å². The Morgan fingerprint density at radius 1 is 1.47 bits per heavy atom. The van der Waals surface area contributed by atoms with Gasteiger partial charge in [-0.1, -0.05) is 13.0 Å². The molecule has 7 heteroatoms. The van der Waals surface area contributed by atoms with Crippen molar-refractivity contribution in [2.45, 2.75) is 18.2 Å². The average Bonchev–Trinajstić information content (AvgIpc) is 2.15. The number of rotatable bonds is 3. The van der Waals surface area contributed by atoms with Crippen LogP contribution in [-0.4, -0.2) is 17.9 Å². The van der Waals surface area contributed by atoms with Crippen LogP contribution in [0.4, 0.5) is 5.69 Å². The molecule has 0 heterocycles. The first-order valence-corrected chi connectivity index (χ1v) is 5.55. The summed E-state index contributed by atoms with van der Waals surface area (Å²) in [6.07, 6.45) is 0.368. The standard InChI is InChI=1S/C8H9NO5S/c1-2-6-3-4-7(9(10)11)5-8(6)15(12,13)14/h3-5H,2H2,1H3,(H,12,13,14). The van der Waals surface area contributed by atoms with E-state index >= 15 is 0 Å². The molecule has 1 N–H and O–H groups in total. The summed E-state index contributed by atoms with van der Waals surface area (Å²) in [6, 6.07) is 3.38. The van der Waals surface area contributed by atoms with E-state index in [2.05, 4.69) is 0 Å². The van der Waals surface area contributed by atoms with Gasteiger partial charge in [0, 0.05) is 12.1 Å². The molecule has 82 valence electrons. The van der Waals surface area contributed by atoms with Crippen molar-refractivity contribution in [3.05, 3.63) is 33.9 Å². The number of nitro benzene ring substituents is 1. The largest absolute Gasteiger partial charge is 0.295 e. The zero-order valence-electron chi connectivity index (χ0n) is 7.87. The highest BCUT2D eigenvalue weighted by Gasteiger charge is 2.18. The van der Waals surface area contributed by atoms with Gasteiger partial charge in [-0.05, 0) is 12.0 Å². The van der Waals surface area contributed by atoms with E-state index in [9.17, 15) is 18.5 Å². The number of aryl methyl sites for hydroxylation is 1. The quantitative estimate of drug-likeness (QED) is 0.481.